The molecule has 0 atom stereocenters. The molecule has 0 amide bonds. The van der Waals surface area contributed by atoms with Crippen molar-refractivity contribution in [1.29, 1.82) is 0 Å². The zero-order valence-electron chi connectivity index (χ0n) is 6.46. The summed E-state index contributed by atoms with van der Waals surface area (Å²) < 4.78 is 0. The third-order valence-electron chi connectivity index (χ3n) is 0.831. The van der Waals surface area contributed by atoms with Crippen LogP contribution in [0.2, 0.25) is 0 Å². The van der Waals surface area contributed by atoms with Gasteiger partial charge in [0.2, 0.25) is 0 Å². The number of nitrogens with one attached hydrogen (secondary N) is 2. The summed E-state index contributed by atoms with van der Waals surface area (Å²) in [6, 6.07) is 0. The number of hydrogen-bond acceptors (Lipinski definition) is 3. The Hall–Kier alpha value is -0.900. The Kier molecular flexibility index (Phi) is 7.37. The highest BCUT2D eigenvalue weighted by atomic mass is 15.3. The molecule has 0 unspecified atom stereocenters. The van der Waals surface area contributed by atoms with Crippen molar-refractivity contribution in [3.05, 3.63) is 12.4 Å². The summed E-state index contributed by atoms with van der Waals surface area (Å²) in [4.78, 5) is 0. The maximum Gasteiger partial charge on any atom is 0.0690 e. The van der Waals surface area contributed by atoms with Crippen LogP contribution in [-0.2, 0) is 0 Å². The molecule has 4 nitrogen and oxygen atoms in total. The smallest absolute Gasteiger partial charge is 0.0690 e. The first-order valence-corrected chi connectivity index (χ1v) is 3.36. The van der Waals surface area contributed by atoms with E-state index in [-0.39, 0.29) is 0 Å². The summed E-state index contributed by atoms with van der Waals surface area (Å²) in [5, 5.41) is 12.4. The first-order chi connectivity index (χ1) is 4.91. The topological polar surface area (TPSA) is 53.6 Å². The zero-order valence-corrected chi connectivity index (χ0v) is 6.46. The Balaban J connectivity index is 0.000000162. The molecule has 0 saturated heterocycles. The minimum absolute atomic E-state index is 1.14. The summed E-state index contributed by atoms with van der Waals surface area (Å²) in [5.41, 5.74) is 0. The van der Waals surface area contributed by atoms with Crippen LogP contribution in [0.15, 0.2) is 12.4 Å². The largest absolute Gasteiger partial charge is 0.320 e. The van der Waals surface area contributed by atoms with E-state index in [0.717, 1.165) is 6.54 Å². The van der Waals surface area contributed by atoms with E-state index < -0.39 is 0 Å². The lowest BCUT2D eigenvalue weighted by molar-refractivity contribution is 0.772. The van der Waals surface area contributed by atoms with Crippen LogP contribution in [0, 0.1) is 0 Å². The minimum Gasteiger partial charge on any atom is -0.320 e. The van der Waals surface area contributed by atoms with Crippen LogP contribution in [0.1, 0.15) is 13.3 Å². The van der Waals surface area contributed by atoms with Crippen molar-refractivity contribution in [3.8, 4) is 0 Å². The summed E-state index contributed by atoms with van der Waals surface area (Å²) in [6.45, 7) is 3.29. The molecule has 0 saturated carbocycles. The number of aromatic amines is 1. The Labute approximate surface area is 61.0 Å². The van der Waals surface area contributed by atoms with Crippen LogP contribution in [0.25, 0.3) is 0 Å². The highest BCUT2D eigenvalue weighted by Crippen LogP contribution is 1.62. The molecule has 0 bridgehead atoms. The Morgan fingerprint density at radius 2 is 2.00 bits per heavy atom. The molecule has 58 valence electrons. The molecule has 1 heterocycles. The molecular formula is C6H14N4. The number of H-pyrrole nitrogens is 1. The lowest BCUT2D eigenvalue weighted by atomic mass is 10.5. The first-order valence-electron chi connectivity index (χ1n) is 3.36. The van der Waals surface area contributed by atoms with E-state index in [1.807, 2.05) is 7.05 Å². The summed E-state index contributed by atoms with van der Waals surface area (Å²) in [5.74, 6) is 0. The second-order valence-electron chi connectivity index (χ2n) is 1.76. The third kappa shape index (κ3) is 7.10. The van der Waals surface area contributed by atoms with Crippen LogP contribution in [0.3, 0.4) is 0 Å². The summed E-state index contributed by atoms with van der Waals surface area (Å²) in [6.07, 6.45) is 4.40. The number of hydrogen-bond donors (Lipinski definition) is 2. The van der Waals surface area contributed by atoms with Crippen molar-refractivity contribution in [2.75, 3.05) is 13.6 Å². The zero-order chi connectivity index (χ0) is 7.66. The van der Waals surface area contributed by atoms with Gasteiger partial charge in [0.25, 0.3) is 0 Å². The van der Waals surface area contributed by atoms with E-state index in [1.54, 1.807) is 12.4 Å². The van der Waals surface area contributed by atoms with E-state index >= 15 is 0 Å². The number of nitrogens with zero attached hydrogens (tertiary/aromatic N) is 2. The van der Waals surface area contributed by atoms with E-state index in [4.69, 9.17) is 0 Å². The molecule has 1 rings (SSSR count). The highest BCUT2D eigenvalue weighted by Gasteiger charge is 1.64. The predicted molar refractivity (Wildman–Crippen MR) is 40.6 cm³/mol. The van der Waals surface area contributed by atoms with Crippen molar-refractivity contribution in [2.45, 2.75) is 13.3 Å². The molecule has 0 aliphatic carbocycles. The van der Waals surface area contributed by atoms with Gasteiger partial charge in [-0.3, -0.25) is 0 Å². The van der Waals surface area contributed by atoms with Crippen molar-refractivity contribution in [2.24, 2.45) is 0 Å². The molecule has 10 heavy (non-hydrogen) atoms. The van der Waals surface area contributed by atoms with Gasteiger partial charge in [-0.05, 0) is 20.0 Å². The number of rotatable bonds is 2. The molecule has 0 fully saturated rings. The fourth-order valence-electron chi connectivity index (χ4n) is 0.417. The van der Waals surface area contributed by atoms with Crippen molar-refractivity contribution in [3.63, 3.8) is 0 Å². The molecule has 0 aliphatic heterocycles. The lowest BCUT2D eigenvalue weighted by Crippen LogP contribution is -2.04. The molecule has 2 N–H and O–H groups in total. The van der Waals surface area contributed by atoms with Crippen LogP contribution >= 0.6 is 0 Å². The van der Waals surface area contributed by atoms with E-state index in [2.05, 4.69) is 27.7 Å². The molecule has 0 spiro atoms. The predicted octanol–water partition coefficient (Wildman–Crippen LogP) is 0.420. The van der Waals surface area contributed by atoms with E-state index in [0.29, 0.717) is 0 Å². The Morgan fingerprint density at radius 3 is 2.10 bits per heavy atom. The number of aromatic nitrogens is 3. The summed E-state index contributed by atoms with van der Waals surface area (Å²) in [7, 11) is 1.96. The Bertz CT molecular complexity index is 96.1. The lowest BCUT2D eigenvalue weighted by Gasteiger charge is -1.84. The van der Waals surface area contributed by atoms with Gasteiger partial charge in [0.15, 0.2) is 0 Å². The first kappa shape index (κ1) is 9.10. The van der Waals surface area contributed by atoms with Gasteiger partial charge in [0.1, 0.15) is 0 Å². The average Bonchev–Trinajstić information content (AvgIpc) is 2.44. The second kappa shape index (κ2) is 8.10. The molecule has 4 heteroatoms. The third-order valence-corrected chi connectivity index (χ3v) is 0.831. The molecule has 1 aromatic heterocycles. The second-order valence-corrected chi connectivity index (χ2v) is 1.76. The van der Waals surface area contributed by atoms with Gasteiger partial charge in [-0.25, -0.2) is 0 Å². The fraction of sp³-hybridized carbons (Fsp3) is 0.667. The summed E-state index contributed by atoms with van der Waals surface area (Å²) >= 11 is 0. The standard InChI is InChI=1S/C4H11N.C2H3N3/c1-3-4-5-2;1-2-4-5-3-1/h5H,3-4H2,1-2H3;1-2H,(H,3,4,5). The van der Waals surface area contributed by atoms with Crippen LogP contribution in [0.5, 0.6) is 0 Å². The van der Waals surface area contributed by atoms with E-state index in [9.17, 15) is 0 Å². The van der Waals surface area contributed by atoms with Gasteiger partial charge in [0.05, 0.1) is 12.4 Å². The van der Waals surface area contributed by atoms with Crippen molar-refractivity contribution < 1.29 is 0 Å². The highest BCUT2D eigenvalue weighted by molar-refractivity contribution is 4.54. The quantitative estimate of drug-likeness (QED) is 0.629. The van der Waals surface area contributed by atoms with Crippen LogP contribution in [-0.4, -0.2) is 29.0 Å². The fourth-order valence-corrected chi connectivity index (χ4v) is 0.417. The van der Waals surface area contributed by atoms with Gasteiger partial charge in [0, 0.05) is 0 Å². The van der Waals surface area contributed by atoms with Gasteiger partial charge in [-0.1, -0.05) is 6.92 Å². The SMILES string of the molecule is CCCNC.c1cn[nH]n1. The molecule has 0 radical (unpaired) electrons. The van der Waals surface area contributed by atoms with Crippen LogP contribution in [0.4, 0.5) is 0 Å². The van der Waals surface area contributed by atoms with Gasteiger partial charge in [-0.2, -0.15) is 15.4 Å². The maximum atomic E-state index is 3.49. The minimum atomic E-state index is 1.14. The monoisotopic (exact) mass is 142 g/mol. The molecular weight excluding hydrogens is 128 g/mol. The average molecular weight is 142 g/mol. The van der Waals surface area contributed by atoms with E-state index in [1.165, 1.54) is 6.42 Å². The van der Waals surface area contributed by atoms with Crippen molar-refractivity contribution >= 4 is 0 Å². The molecule has 1 aromatic rings. The maximum absolute atomic E-state index is 3.49. The van der Waals surface area contributed by atoms with Gasteiger partial charge < -0.3 is 5.32 Å². The normalized spacial score (nSPS) is 8.20. The molecule has 0 aromatic carbocycles. The van der Waals surface area contributed by atoms with Gasteiger partial charge >= 0.3 is 0 Å². The Morgan fingerprint density at radius 1 is 1.40 bits per heavy atom. The van der Waals surface area contributed by atoms with Crippen LogP contribution < -0.4 is 5.32 Å². The van der Waals surface area contributed by atoms with Crippen molar-refractivity contribution in [1.82, 2.24) is 20.7 Å². The molecule has 0 aliphatic rings. The van der Waals surface area contributed by atoms with Gasteiger partial charge in [-0.15, -0.1) is 0 Å².